The van der Waals surface area contributed by atoms with Crippen molar-refractivity contribution >= 4 is 17.7 Å². The second-order valence-electron chi connectivity index (χ2n) is 5.02. The van der Waals surface area contributed by atoms with E-state index in [9.17, 15) is 4.79 Å². The number of rotatable bonds is 2. The van der Waals surface area contributed by atoms with Crippen LogP contribution in [-0.2, 0) is 4.79 Å². The van der Waals surface area contributed by atoms with E-state index in [0.29, 0.717) is 17.9 Å². The molecule has 3 atom stereocenters. The fourth-order valence-corrected chi connectivity index (χ4v) is 3.87. The summed E-state index contributed by atoms with van der Waals surface area (Å²) in [5.74, 6) is 3.11. The third kappa shape index (κ3) is 2.54. The molecular formula is C12H22N2OS. The molecule has 16 heavy (non-hydrogen) atoms. The summed E-state index contributed by atoms with van der Waals surface area (Å²) in [4.78, 5) is 14.3. The predicted molar refractivity (Wildman–Crippen MR) is 68.7 cm³/mol. The lowest BCUT2D eigenvalue weighted by Crippen LogP contribution is -2.53. The predicted octanol–water partition coefficient (Wildman–Crippen LogP) is 1.34. The summed E-state index contributed by atoms with van der Waals surface area (Å²) in [7, 11) is 1.97. The summed E-state index contributed by atoms with van der Waals surface area (Å²) in [5.41, 5.74) is 0. The largest absolute Gasteiger partial charge is 0.341 e. The molecule has 0 bridgehead atoms. The van der Waals surface area contributed by atoms with E-state index in [1.165, 1.54) is 18.6 Å². The van der Waals surface area contributed by atoms with Gasteiger partial charge in [-0.3, -0.25) is 4.79 Å². The van der Waals surface area contributed by atoms with E-state index in [1.54, 1.807) is 0 Å². The Kier molecular flexibility index (Phi) is 4.14. The van der Waals surface area contributed by atoms with Crippen molar-refractivity contribution in [3.8, 4) is 0 Å². The van der Waals surface area contributed by atoms with Crippen molar-refractivity contribution < 1.29 is 4.79 Å². The maximum atomic E-state index is 12.3. The highest BCUT2D eigenvalue weighted by atomic mass is 32.2. The van der Waals surface area contributed by atoms with Gasteiger partial charge in [0.2, 0.25) is 5.91 Å². The van der Waals surface area contributed by atoms with Crippen LogP contribution in [0.3, 0.4) is 0 Å². The minimum atomic E-state index is 0.0596. The number of amides is 1. The SMILES string of the molecule is CC1CCCNC1C(=O)N(C)C1CCSC1. The van der Waals surface area contributed by atoms with Crippen LogP contribution in [-0.4, -0.2) is 48.0 Å². The molecule has 2 fully saturated rings. The normalized spacial score (nSPS) is 35.0. The highest BCUT2D eigenvalue weighted by Crippen LogP contribution is 2.24. The van der Waals surface area contributed by atoms with Crippen molar-refractivity contribution in [3.05, 3.63) is 0 Å². The fraction of sp³-hybridized carbons (Fsp3) is 0.917. The minimum Gasteiger partial charge on any atom is -0.341 e. The minimum absolute atomic E-state index is 0.0596. The van der Waals surface area contributed by atoms with Gasteiger partial charge in [0.05, 0.1) is 6.04 Å². The van der Waals surface area contributed by atoms with Crippen molar-refractivity contribution in [2.24, 2.45) is 5.92 Å². The number of nitrogens with zero attached hydrogens (tertiary/aromatic N) is 1. The van der Waals surface area contributed by atoms with E-state index in [1.807, 2.05) is 23.7 Å². The molecule has 3 unspecified atom stereocenters. The van der Waals surface area contributed by atoms with E-state index in [2.05, 4.69) is 12.2 Å². The van der Waals surface area contributed by atoms with Gasteiger partial charge in [-0.2, -0.15) is 11.8 Å². The molecule has 2 rings (SSSR count). The van der Waals surface area contributed by atoms with Crippen LogP contribution in [0.1, 0.15) is 26.2 Å². The van der Waals surface area contributed by atoms with Crippen LogP contribution in [0.2, 0.25) is 0 Å². The lowest BCUT2D eigenvalue weighted by Gasteiger charge is -2.34. The first-order chi connectivity index (χ1) is 7.70. The standard InChI is InChI=1S/C12H22N2OS/c1-9-4-3-6-13-11(9)12(15)14(2)10-5-7-16-8-10/h9-11,13H,3-8H2,1-2H3. The molecule has 92 valence electrons. The first kappa shape index (κ1) is 12.2. The van der Waals surface area contributed by atoms with Gasteiger partial charge in [-0.1, -0.05) is 6.92 Å². The van der Waals surface area contributed by atoms with Crippen LogP contribution in [0.5, 0.6) is 0 Å². The van der Waals surface area contributed by atoms with Gasteiger partial charge in [0.25, 0.3) is 0 Å². The molecule has 0 spiro atoms. The van der Waals surface area contributed by atoms with E-state index >= 15 is 0 Å². The van der Waals surface area contributed by atoms with Gasteiger partial charge >= 0.3 is 0 Å². The van der Waals surface area contributed by atoms with Crippen LogP contribution in [0, 0.1) is 5.92 Å². The van der Waals surface area contributed by atoms with Gasteiger partial charge < -0.3 is 10.2 Å². The second-order valence-corrected chi connectivity index (χ2v) is 6.17. The zero-order valence-electron chi connectivity index (χ0n) is 10.2. The van der Waals surface area contributed by atoms with Crippen LogP contribution in [0.4, 0.5) is 0 Å². The van der Waals surface area contributed by atoms with Crippen molar-refractivity contribution in [1.29, 1.82) is 0 Å². The average Bonchev–Trinajstić information content (AvgIpc) is 2.81. The van der Waals surface area contributed by atoms with Crippen LogP contribution in [0.15, 0.2) is 0 Å². The van der Waals surface area contributed by atoms with Crippen molar-refractivity contribution in [3.63, 3.8) is 0 Å². The third-order valence-electron chi connectivity index (χ3n) is 3.84. The summed E-state index contributed by atoms with van der Waals surface area (Å²) in [6.07, 6.45) is 3.54. The molecule has 0 saturated carbocycles. The highest BCUT2D eigenvalue weighted by molar-refractivity contribution is 7.99. The Morgan fingerprint density at radius 1 is 1.44 bits per heavy atom. The number of nitrogens with one attached hydrogen (secondary N) is 1. The molecule has 0 aliphatic carbocycles. The summed E-state index contributed by atoms with van der Waals surface area (Å²) in [5, 5.41) is 3.37. The molecule has 0 aromatic carbocycles. The highest BCUT2D eigenvalue weighted by Gasteiger charge is 2.33. The lowest BCUT2D eigenvalue weighted by molar-refractivity contribution is -0.135. The fourth-order valence-electron chi connectivity index (χ4n) is 2.61. The van der Waals surface area contributed by atoms with E-state index < -0.39 is 0 Å². The Morgan fingerprint density at radius 3 is 2.88 bits per heavy atom. The van der Waals surface area contributed by atoms with Gasteiger partial charge in [0.15, 0.2) is 0 Å². The summed E-state index contributed by atoms with van der Waals surface area (Å²) in [6.45, 7) is 3.18. The molecule has 4 heteroatoms. The number of likely N-dealkylation sites (N-methyl/N-ethyl adjacent to an activating group) is 1. The summed E-state index contributed by atoms with van der Waals surface area (Å²) < 4.78 is 0. The van der Waals surface area contributed by atoms with Crippen LogP contribution >= 0.6 is 11.8 Å². The van der Waals surface area contributed by atoms with E-state index in [4.69, 9.17) is 0 Å². The van der Waals surface area contributed by atoms with Gasteiger partial charge in [0.1, 0.15) is 0 Å². The Hall–Kier alpha value is -0.220. The second kappa shape index (κ2) is 5.41. The molecule has 3 nitrogen and oxygen atoms in total. The summed E-state index contributed by atoms with van der Waals surface area (Å²) >= 11 is 1.96. The molecule has 2 aliphatic heterocycles. The maximum Gasteiger partial charge on any atom is 0.240 e. The molecule has 0 aromatic heterocycles. The van der Waals surface area contributed by atoms with Crippen molar-refractivity contribution in [1.82, 2.24) is 10.2 Å². The molecule has 2 aliphatic rings. The lowest BCUT2D eigenvalue weighted by atomic mass is 9.91. The number of piperidine rings is 1. The van der Waals surface area contributed by atoms with Gasteiger partial charge in [-0.05, 0) is 37.5 Å². The maximum absolute atomic E-state index is 12.3. The zero-order chi connectivity index (χ0) is 11.5. The Bertz CT molecular complexity index is 253. The van der Waals surface area contributed by atoms with E-state index in [0.717, 1.165) is 18.7 Å². The topological polar surface area (TPSA) is 32.3 Å². The number of thioether (sulfide) groups is 1. The smallest absolute Gasteiger partial charge is 0.240 e. The first-order valence-corrected chi connectivity index (χ1v) is 7.43. The van der Waals surface area contributed by atoms with Gasteiger partial charge in [0, 0.05) is 18.8 Å². The van der Waals surface area contributed by atoms with E-state index in [-0.39, 0.29) is 6.04 Å². The third-order valence-corrected chi connectivity index (χ3v) is 4.98. The monoisotopic (exact) mass is 242 g/mol. The number of carbonyl (C=O) groups is 1. The molecule has 0 aromatic rings. The van der Waals surface area contributed by atoms with Crippen molar-refractivity contribution in [2.75, 3.05) is 25.1 Å². The Morgan fingerprint density at radius 2 is 2.25 bits per heavy atom. The number of hydrogen-bond donors (Lipinski definition) is 1. The Balaban J connectivity index is 1.94. The van der Waals surface area contributed by atoms with Crippen LogP contribution < -0.4 is 5.32 Å². The van der Waals surface area contributed by atoms with Crippen molar-refractivity contribution in [2.45, 2.75) is 38.3 Å². The molecule has 2 heterocycles. The zero-order valence-corrected chi connectivity index (χ0v) is 11.1. The molecule has 1 N–H and O–H groups in total. The van der Waals surface area contributed by atoms with Gasteiger partial charge in [-0.15, -0.1) is 0 Å². The molecular weight excluding hydrogens is 220 g/mol. The molecule has 2 saturated heterocycles. The van der Waals surface area contributed by atoms with Crippen LogP contribution in [0.25, 0.3) is 0 Å². The Labute approximate surface area is 102 Å². The molecule has 1 amide bonds. The van der Waals surface area contributed by atoms with Gasteiger partial charge in [-0.25, -0.2) is 0 Å². The first-order valence-electron chi connectivity index (χ1n) is 6.28. The summed E-state index contributed by atoms with van der Waals surface area (Å²) in [6, 6.07) is 0.526. The molecule has 0 radical (unpaired) electrons. The average molecular weight is 242 g/mol. The number of carbonyl (C=O) groups excluding carboxylic acids is 1. The number of hydrogen-bond acceptors (Lipinski definition) is 3. The quantitative estimate of drug-likeness (QED) is 0.793.